The molecule has 0 unspecified atom stereocenters. The molecule has 0 atom stereocenters. The quantitative estimate of drug-likeness (QED) is 0.752. The predicted octanol–water partition coefficient (Wildman–Crippen LogP) is 4.14. The lowest BCUT2D eigenvalue weighted by atomic mass is 10.2. The third-order valence-corrected chi connectivity index (χ3v) is 3.53. The molecule has 25 heavy (non-hydrogen) atoms. The van der Waals surface area contributed by atoms with Gasteiger partial charge in [-0.25, -0.2) is 9.78 Å². The van der Waals surface area contributed by atoms with Gasteiger partial charge in [0.15, 0.2) is 0 Å². The number of carbonyl (C=O) groups excluding carboxylic acids is 1. The third-order valence-electron chi connectivity index (χ3n) is 3.53. The van der Waals surface area contributed by atoms with Crippen LogP contribution in [0.2, 0.25) is 0 Å². The number of amides is 1. The monoisotopic (exact) mass is 339 g/mol. The Morgan fingerprint density at radius 3 is 2.60 bits per heavy atom. The average Bonchev–Trinajstić information content (AvgIpc) is 2.83. The van der Waals surface area contributed by atoms with Crippen molar-refractivity contribution in [3.8, 4) is 5.75 Å². The van der Waals surface area contributed by atoms with Crippen molar-refractivity contribution in [3.05, 3.63) is 54.1 Å². The molecule has 2 N–H and O–H groups in total. The number of imidazole rings is 1. The molecule has 1 heterocycles. The molecule has 3 aromatic rings. The molecular formula is C19H21N3O3. The molecule has 0 aliphatic carbocycles. The average molecular weight is 339 g/mol. The van der Waals surface area contributed by atoms with Crippen molar-refractivity contribution in [2.24, 2.45) is 0 Å². The minimum atomic E-state index is -0.599. The summed E-state index contributed by atoms with van der Waals surface area (Å²) in [4.78, 5) is 16.6. The van der Waals surface area contributed by atoms with Crippen LogP contribution in [0.4, 0.5) is 10.7 Å². The zero-order valence-electron chi connectivity index (χ0n) is 14.5. The molecule has 0 bridgehead atoms. The van der Waals surface area contributed by atoms with Gasteiger partial charge in [-0.3, -0.25) is 5.32 Å². The Bertz CT molecular complexity index is 895. The van der Waals surface area contributed by atoms with Gasteiger partial charge < -0.3 is 14.4 Å². The molecular weight excluding hydrogens is 318 g/mol. The van der Waals surface area contributed by atoms with E-state index in [-0.39, 0.29) is 5.75 Å². The molecule has 0 aliphatic heterocycles. The van der Waals surface area contributed by atoms with Gasteiger partial charge in [0.05, 0.1) is 17.6 Å². The SMILES string of the molecule is CC(C)(C)OC(=O)Nc1nc2ccc(O)cc2n1Cc1ccccc1. The second-order valence-corrected chi connectivity index (χ2v) is 6.81. The van der Waals surface area contributed by atoms with Crippen LogP contribution in [0.3, 0.4) is 0 Å². The van der Waals surface area contributed by atoms with Gasteiger partial charge in [0.2, 0.25) is 5.95 Å². The Balaban J connectivity index is 1.99. The number of carbonyl (C=O) groups is 1. The number of anilines is 1. The summed E-state index contributed by atoms with van der Waals surface area (Å²) in [6, 6.07) is 14.7. The molecule has 0 fully saturated rings. The first-order chi connectivity index (χ1) is 11.8. The van der Waals surface area contributed by atoms with Crippen molar-refractivity contribution >= 4 is 23.1 Å². The van der Waals surface area contributed by atoms with E-state index in [1.165, 1.54) is 0 Å². The molecule has 0 saturated carbocycles. The molecule has 1 aromatic heterocycles. The van der Waals surface area contributed by atoms with Gasteiger partial charge in [-0.2, -0.15) is 0 Å². The minimum Gasteiger partial charge on any atom is -0.508 e. The smallest absolute Gasteiger partial charge is 0.414 e. The fourth-order valence-electron chi connectivity index (χ4n) is 2.53. The highest BCUT2D eigenvalue weighted by Crippen LogP contribution is 2.25. The van der Waals surface area contributed by atoms with Crippen molar-refractivity contribution in [2.45, 2.75) is 32.9 Å². The van der Waals surface area contributed by atoms with E-state index in [1.807, 2.05) is 34.9 Å². The lowest BCUT2D eigenvalue weighted by Crippen LogP contribution is -2.28. The van der Waals surface area contributed by atoms with Crippen LogP contribution in [0.25, 0.3) is 11.0 Å². The van der Waals surface area contributed by atoms with Crippen LogP contribution in [0.15, 0.2) is 48.5 Å². The second kappa shape index (κ2) is 6.47. The maximum atomic E-state index is 12.1. The number of aromatic nitrogens is 2. The number of aromatic hydroxyl groups is 1. The summed E-state index contributed by atoms with van der Waals surface area (Å²) in [6.45, 7) is 5.92. The normalized spacial score (nSPS) is 11.5. The number of benzene rings is 2. The summed E-state index contributed by atoms with van der Waals surface area (Å²) < 4.78 is 7.16. The van der Waals surface area contributed by atoms with Crippen molar-refractivity contribution in [1.29, 1.82) is 0 Å². The van der Waals surface area contributed by atoms with E-state index in [9.17, 15) is 9.90 Å². The summed E-state index contributed by atoms with van der Waals surface area (Å²) in [5.41, 5.74) is 1.87. The summed E-state index contributed by atoms with van der Waals surface area (Å²) in [7, 11) is 0. The molecule has 130 valence electrons. The highest BCUT2D eigenvalue weighted by atomic mass is 16.6. The van der Waals surface area contributed by atoms with Gasteiger partial charge in [0, 0.05) is 6.07 Å². The van der Waals surface area contributed by atoms with Gasteiger partial charge in [0.1, 0.15) is 11.4 Å². The molecule has 6 heteroatoms. The molecule has 2 aromatic carbocycles. The first-order valence-electron chi connectivity index (χ1n) is 8.05. The first kappa shape index (κ1) is 16.8. The Labute approximate surface area is 146 Å². The Morgan fingerprint density at radius 2 is 1.92 bits per heavy atom. The van der Waals surface area contributed by atoms with E-state index in [0.29, 0.717) is 18.0 Å². The maximum Gasteiger partial charge on any atom is 0.414 e. The Morgan fingerprint density at radius 1 is 1.20 bits per heavy atom. The number of ether oxygens (including phenoxy) is 1. The van der Waals surface area contributed by atoms with E-state index in [0.717, 1.165) is 11.1 Å². The van der Waals surface area contributed by atoms with E-state index < -0.39 is 11.7 Å². The van der Waals surface area contributed by atoms with Crippen LogP contribution in [0.1, 0.15) is 26.3 Å². The largest absolute Gasteiger partial charge is 0.508 e. The van der Waals surface area contributed by atoms with E-state index in [4.69, 9.17) is 4.74 Å². The van der Waals surface area contributed by atoms with Gasteiger partial charge >= 0.3 is 6.09 Å². The number of hydrogen-bond acceptors (Lipinski definition) is 4. The van der Waals surface area contributed by atoms with Crippen LogP contribution >= 0.6 is 0 Å². The molecule has 0 spiro atoms. The van der Waals surface area contributed by atoms with Crippen LogP contribution < -0.4 is 5.32 Å². The number of hydrogen-bond donors (Lipinski definition) is 2. The number of phenols is 1. The fourth-order valence-corrected chi connectivity index (χ4v) is 2.53. The van der Waals surface area contributed by atoms with Crippen LogP contribution in [0.5, 0.6) is 5.75 Å². The molecule has 6 nitrogen and oxygen atoms in total. The Hall–Kier alpha value is -3.02. The van der Waals surface area contributed by atoms with Gasteiger partial charge in [0.25, 0.3) is 0 Å². The fraction of sp³-hybridized carbons (Fsp3) is 0.263. The van der Waals surface area contributed by atoms with Gasteiger partial charge in [-0.1, -0.05) is 30.3 Å². The third kappa shape index (κ3) is 4.09. The first-order valence-corrected chi connectivity index (χ1v) is 8.05. The summed E-state index contributed by atoms with van der Waals surface area (Å²) in [6.07, 6.45) is -0.568. The lowest BCUT2D eigenvalue weighted by Gasteiger charge is -2.19. The van der Waals surface area contributed by atoms with Crippen LogP contribution in [-0.2, 0) is 11.3 Å². The van der Waals surface area contributed by atoms with Crippen molar-refractivity contribution in [2.75, 3.05) is 5.32 Å². The zero-order chi connectivity index (χ0) is 18.0. The van der Waals surface area contributed by atoms with E-state index >= 15 is 0 Å². The van der Waals surface area contributed by atoms with Crippen LogP contribution in [-0.4, -0.2) is 26.4 Å². The van der Waals surface area contributed by atoms with Gasteiger partial charge in [-0.15, -0.1) is 0 Å². The predicted molar refractivity (Wildman–Crippen MR) is 96.8 cm³/mol. The summed E-state index contributed by atoms with van der Waals surface area (Å²) in [5, 5.41) is 12.5. The molecule has 1 amide bonds. The Kier molecular flexibility index (Phi) is 4.35. The molecule has 3 rings (SSSR count). The number of fused-ring (bicyclic) bond motifs is 1. The van der Waals surface area contributed by atoms with Crippen molar-refractivity contribution < 1.29 is 14.6 Å². The summed E-state index contributed by atoms with van der Waals surface area (Å²) >= 11 is 0. The standard InChI is InChI=1S/C19H21N3O3/c1-19(2,3)25-18(24)21-17-20-15-10-9-14(23)11-16(15)22(17)12-13-7-5-4-6-8-13/h4-11,23H,12H2,1-3H3,(H,20,21,24). The second-order valence-electron chi connectivity index (χ2n) is 6.81. The number of nitrogens with zero attached hydrogens (tertiary/aromatic N) is 2. The lowest BCUT2D eigenvalue weighted by molar-refractivity contribution is 0.0634. The highest BCUT2D eigenvalue weighted by Gasteiger charge is 2.19. The molecule has 0 saturated heterocycles. The van der Waals surface area contributed by atoms with Crippen LogP contribution in [0, 0.1) is 0 Å². The zero-order valence-corrected chi connectivity index (χ0v) is 14.5. The number of phenolic OH excluding ortho intramolecular Hbond substituents is 1. The molecule has 0 aliphatic rings. The molecule has 0 radical (unpaired) electrons. The number of rotatable bonds is 3. The summed E-state index contributed by atoms with van der Waals surface area (Å²) in [5.74, 6) is 0.518. The van der Waals surface area contributed by atoms with E-state index in [2.05, 4.69) is 10.3 Å². The van der Waals surface area contributed by atoms with Crippen molar-refractivity contribution in [3.63, 3.8) is 0 Å². The van der Waals surface area contributed by atoms with Crippen molar-refractivity contribution in [1.82, 2.24) is 9.55 Å². The minimum absolute atomic E-state index is 0.144. The highest BCUT2D eigenvalue weighted by molar-refractivity contribution is 5.87. The maximum absolute atomic E-state index is 12.1. The van der Waals surface area contributed by atoms with Gasteiger partial charge in [-0.05, 0) is 38.5 Å². The van der Waals surface area contributed by atoms with E-state index in [1.54, 1.807) is 39.0 Å². The number of nitrogens with one attached hydrogen (secondary N) is 1. The topological polar surface area (TPSA) is 76.4 Å².